The van der Waals surface area contributed by atoms with E-state index in [2.05, 4.69) is 4.98 Å². The monoisotopic (exact) mass is 235 g/mol. The van der Waals surface area contributed by atoms with Crippen LogP contribution in [0.15, 0.2) is 18.2 Å². The largest absolute Gasteiger partial charge is 0.494 e. The SMILES string of the molecule is COc1c(C)nc2ccc(F)cc2c1C(=O)O. The Hall–Kier alpha value is -2.17. The van der Waals surface area contributed by atoms with Crippen molar-refractivity contribution in [1.29, 1.82) is 0 Å². The van der Waals surface area contributed by atoms with Gasteiger partial charge in [0.25, 0.3) is 0 Å². The van der Waals surface area contributed by atoms with E-state index < -0.39 is 11.8 Å². The van der Waals surface area contributed by atoms with E-state index >= 15 is 0 Å². The van der Waals surface area contributed by atoms with Crippen molar-refractivity contribution in [2.45, 2.75) is 6.92 Å². The van der Waals surface area contributed by atoms with Crippen molar-refractivity contribution in [3.8, 4) is 5.75 Å². The number of carboxylic acids is 1. The van der Waals surface area contributed by atoms with Gasteiger partial charge in [-0.15, -0.1) is 0 Å². The fourth-order valence-electron chi connectivity index (χ4n) is 1.80. The van der Waals surface area contributed by atoms with Crippen molar-refractivity contribution in [1.82, 2.24) is 4.98 Å². The van der Waals surface area contributed by atoms with Gasteiger partial charge in [-0.3, -0.25) is 0 Å². The van der Waals surface area contributed by atoms with E-state index in [4.69, 9.17) is 4.74 Å². The minimum Gasteiger partial charge on any atom is -0.494 e. The molecule has 0 aliphatic carbocycles. The van der Waals surface area contributed by atoms with Gasteiger partial charge in [-0.05, 0) is 25.1 Å². The second-order valence-corrected chi connectivity index (χ2v) is 3.57. The molecule has 0 unspecified atom stereocenters. The number of hydrogen-bond donors (Lipinski definition) is 1. The number of hydrogen-bond acceptors (Lipinski definition) is 3. The van der Waals surface area contributed by atoms with E-state index in [1.165, 1.54) is 19.2 Å². The highest BCUT2D eigenvalue weighted by Crippen LogP contribution is 2.29. The maximum Gasteiger partial charge on any atom is 0.340 e. The maximum atomic E-state index is 13.2. The van der Waals surface area contributed by atoms with Gasteiger partial charge >= 0.3 is 5.97 Å². The fourth-order valence-corrected chi connectivity index (χ4v) is 1.80. The fraction of sp³-hybridized carbons (Fsp3) is 0.167. The first-order valence-corrected chi connectivity index (χ1v) is 4.91. The molecular weight excluding hydrogens is 225 g/mol. The summed E-state index contributed by atoms with van der Waals surface area (Å²) in [6, 6.07) is 3.84. The second-order valence-electron chi connectivity index (χ2n) is 3.57. The second kappa shape index (κ2) is 4.01. The van der Waals surface area contributed by atoms with E-state index in [1.807, 2.05) is 0 Å². The number of rotatable bonds is 2. The van der Waals surface area contributed by atoms with Gasteiger partial charge in [0.2, 0.25) is 0 Å². The van der Waals surface area contributed by atoms with Gasteiger partial charge < -0.3 is 9.84 Å². The summed E-state index contributed by atoms with van der Waals surface area (Å²) < 4.78 is 18.2. The summed E-state index contributed by atoms with van der Waals surface area (Å²) in [5, 5.41) is 9.42. The number of benzene rings is 1. The van der Waals surface area contributed by atoms with Crippen molar-refractivity contribution in [3.05, 3.63) is 35.3 Å². The molecule has 0 fully saturated rings. The summed E-state index contributed by atoms with van der Waals surface area (Å²) in [5.74, 6) is -1.51. The first-order valence-electron chi connectivity index (χ1n) is 4.91. The third-order valence-electron chi connectivity index (χ3n) is 2.49. The van der Waals surface area contributed by atoms with Gasteiger partial charge in [0.1, 0.15) is 11.4 Å². The molecule has 17 heavy (non-hydrogen) atoms. The van der Waals surface area contributed by atoms with Crippen LogP contribution >= 0.6 is 0 Å². The molecule has 88 valence electrons. The van der Waals surface area contributed by atoms with E-state index in [0.29, 0.717) is 11.2 Å². The van der Waals surface area contributed by atoms with E-state index in [9.17, 15) is 14.3 Å². The Labute approximate surface area is 96.7 Å². The van der Waals surface area contributed by atoms with Crippen LogP contribution in [0.25, 0.3) is 10.9 Å². The van der Waals surface area contributed by atoms with Crippen LogP contribution in [0, 0.1) is 12.7 Å². The number of fused-ring (bicyclic) bond motifs is 1. The average Bonchev–Trinajstić information content (AvgIpc) is 2.27. The van der Waals surface area contributed by atoms with E-state index in [0.717, 1.165) is 6.07 Å². The summed E-state index contributed by atoms with van der Waals surface area (Å²) in [6.45, 7) is 1.65. The van der Waals surface area contributed by atoms with Gasteiger partial charge in [0.15, 0.2) is 5.75 Å². The third-order valence-corrected chi connectivity index (χ3v) is 2.49. The van der Waals surface area contributed by atoms with Crippen LogP contribution in [0.5, 0.6) is 5.75 Å². The van der Waals surface area contributed by atoms with Gasteiger partial charge in [-0.25, -0.2) is 14.2 Å². The third kappa shape index (κ3) is 1.80. The highest BCUT2D eigenvalue weighted by Gasteiger charge is 2.19. The molecule has 1 N–H and O–H groups in total. The van der Waals surface area contributed by atoms with E-state index in [1.54, 1.807) is 6.92 Å². The maximum absolute atomic E-state index is 13.2. The van der Waals surface area contributed by atoms with Crippen LogP contribution in [0.4, 0.5) is 4.39 Å². The standard InChI is InChI=1S/C12H10FNO3/c1-6-11(17-2)10(12(15)16)8-5-7(13)3-4-9(8)14-6/h3-5H,1-2H3,(H,15,16). The number of ether oxygens (including phenoxy) is 1. The Balaban J connectivity index is 2.94. The number of aromatic nitrogens is 1. The lowest BCUT2D eigenvalue weighted by atomic mass is 10.1. The van der Waals surface area contributed by atoms with Crippen molar-refractivity contribution >= 4 is 16.9 Å². The molecule has 1 aromatic heterocycles. The minimum atomic E-state index is -1.16. The van der Waals surface area contributed by atoms with Crippen LogP contribution in [-0.2, 0) is 0 Å². The highest BCUT2D eigenvalue weighted by molar-refractivity contribution is 6.05. The zero-order valence-electron chi connectivity index (χ0n) is 9.32. The smallest absolute Gasteiger partial charge is 0.340 e. The lowest BCUT2D eigenvalue weighted by Gasteiger charge is -2.10. The molecular formula is C12H10FNO3. The molecule has 0 amide bonds. The number of methoxy groups -OCH3 is 1. The molecule has 0 aliphatic rings. The Kier molecular flexibility index (Phi) is 2.67. The van der Waals surface area contributed by atoms with Crippen molar-refractivity contribution < 1.29 is 19.0 Å². The van der Waals surface area contributed by atoms with Crippen molar-refractivity contribution in [2.75, 3.05) is 7.11 Å². The Morgan fingerprint density at radius 1 is 1.47 bits per heavy atom. The van der Waals surface area contributed by atoms with Crippen LogP contribution in [0.1, 0.15) is 16.1 Å². The number of carbonyl (C=O) groups is 1. The molecule has 1 heterocycles. The normalized spacial score (nSPS) is 10.5. The van der Waals surface area contributed by atoms with Gasteiger partial charge in [0.05, 0.1) is 18.3 Å². The van der Waals surface area contributed by atoms with Crippen LogP contribution in [0.3, 0.4) is 0 Å². The lowest BCUT2D eigenvalue weighted by molar-refractivity contribution is 0.0695. The molecule has 0 saturated carbocycles. The molecule has 0 saturated heterocycles. The van der Waals surface area contributed by atoms with Crippen molar-refractivity contribution in [3.63, 3.8) is 0 Å². The van der Waals surface area contributed by atoms with Crippen LogP contribution in [0.2, 0.25) is 0 Å². The first kappa shape index (κ1) is 11.3. The molecule has 2 aromatic rings. The summed E-state index contributed by atoms with van der Waals surface area (Å²) in [4.78, 5) is 15.4. The number of nitrogens with zero attached hydrogens (tertiary/aromatic N) is 1. The van der Waals surface area contributed by atoms with Crippen LogP contribution < -0.4 is 4.74 Å². The highest BCUT2D eigenvalue weighted by atomic mass is 19.1. The lowest BCUT2D eigenvalue weighted by Crippen LogP contribution is -2.05. The zero-order valence-corrected chi connectivity index (χ0v) is 9.32. The number of pyridine rings is 1. The molecule has 4 nitrogen and oxygen atoms in total. The Morgan fingerprint density at radius 3 is 2.76 bits per heavy atom. The Bertz CT molecular complexity index is 610. The number of carboxylic acid groups (broad SMARTS) is 1. The predicted molar refractivity (Wildman–Crippen MR) is 59.9 cm³/mol. The quantitative estimate of drug-likeness (QED) is 0.868. The average molecular weight is 235 g/mol. The van der Waals surface area contributed by atoms with Crippen molar-refractivity contribution in [2.24, 2.45) is 0 Å². The molecule has 0 bridgehead atoms. The number of halogens is 1. The summed E-state index contributed by atoms with van der Waals surface area (Å²) in [5.41, 5.74) is 0.834. The van der Waals surface area contributed by atoms with Crippen LogP contribution in [-0.4, -0.2) is 23.2 Å². The predicted octanol–water partition coefficient (Wildman–Crippen LogP) is 2.39. The topological polar surface area (TPSA) is 59.4 Å². The summed E-state index contributed by atoms with van der Waals surface area (Å²) in [6.07, 6.45) is 0. The summed E-state index contributed by atoms with van der Waals surface area (Å²) >= 11 is 0. The molecule has 1 aromatic carbocycles. The van der Waals surface area contributed by atoms with E-state index in [-0.39, 0.29) is 16.7 Å². The molecule has 0 radical (unpaired) electrons. The first-order chi connectivity index (χ1) is 8.04. The molecule has 0 spiro atoms. The zero-order chi connectivity index (χ0) is 12.6. The molecule has 5 heteroatoms. The van der Waals surface area contributed by atoms with Gasteiger partial charge in [0, 0.05) is 5.39 Å². The van der Waals surface area contributed by atoms with Gasteiger partial charge in [-0.1, -0.05) is 0 Å². The Morgan fingerprint density at radius 2 is 2.18 bits per heavy atom. The molecule has 0 aliphatic heterocycles. The minimum absolute atomic E-state index is 0.0606. The molecule has 0 atom stereocenters. The number of aryl methyl sites for hydroxylation is 1. The van der Waals surface area contributed by atoms with Gasteiger partial charge in [-0.2, -0.15) is 0 Å². The summed E-state index contributed by atoms with van der Waals surface area (Å²) in [7, 11) is 1.36. The molecule has 2 rings (SSSR count). The number of aromatic carboxylic acids is 1.